The Kier molecular flexibility index (Phi) is 4.35. The lowest BCUT2D eigenvalue weighted by atomic mass is 9.98. The number of esters is 1. The van der Waals surface area contributed by atoms with Gasteiger partial charge >= 0.3 is 5.97 Å². The van der Waals surface area contributed by atoms with Gasteiger partial charge in [-0.1, -0.05) is 30.3 Å². The first-order valence-electron chi connectivity index (χ1n) is 7.90. The van der Waals surface area contributed by atoms with Gasteiger partial charge in [-0.2, -0.15) is 5.10 Å². The van der Waals surface area contributed by atoms with Gasteiger partial charge in [-0.25, -0.2) is 9.80 Å². The fourth-order valence-electron chi connectivity index (χ4n) is 3.03. The number of carbonyl (C=O) groups is 4. The number of fused-ring (bicyclic) bond motifs is 1. The van der Waals surface area contributed by atoms with Crippen molar-refractivity contribution in [3.63, 3.8) is 0 Å². The number of hydrogen-bond acceptors (Lipinski definition) is 6. The first-order chi connectivity index (χ1) is 12.0. The SMILES string of the molecule is CCOC(=O)C1=NN(C(C)=O)[C@H]2C(=O)N(Cc3ccccc3)C(=O)[C@H]12. The zero-order chi connectivity index (χ0) is 18.1. The Morgan fingerprint density at radius 3 is 2.44 bits per heavy atom. The Morgan fingerprint density at radius 1 is 1.16 bits per heavy atom. The van der Waals surface area contributed by atoms with Gasteiger partial charge in [-0.05, 0) is 12.5 Å². The van der Waals surface area contributed by atoms with Gasteiger partial charge in [-0.3, -0.25) is 19.3 Å². The summed E-state index contributed by atoms with van der Waals surface area (Å²) in [6.45, 7) is 3.03. The van der Waals surface area contributed by atoms with Crippen LogP contribution in [0.25, 0.3) is 0 Å². The summed E-state index contributed by atoms with van der Waals surface area (Å²) in [4.78, 5) is 50.5. The summed E-state index contributed by atoms with van der Waals surface area (Å²) < 4.78 is 4.91. The van der Waals surface area contributed by atoms with E-state index in [9.17, 15) is 19.2 Å². The van der Waals surface area contributed by atoms with Crippen LogP contribution in [0.4, 0.5) is 0 Å². The Bertz CT molecular complexity index is 774. The highest BCUT2D eigenvalue weighted by molar-refractivity contribution is 6.44. The van der Waals surface area contributed by atoms with Crippen LogP contribution in [0.3, 0.4) is 0 Å². The molecule has 2 aliphatic rings. The van der Waals surface area contributed by atoms with Crippen LogP contribution in [-0.4, -0.2) is 52.0 Å². The maximum atomic E-state index is 12.8. The molecule has 0 aromatic heterocycles. The number of rotatable bonds is 4. The van der Waals surface area contributed by atoms with Crippen LogP contribution < -0.4 is 0 Å². The van der Waals surface area contributed by atoms with Crippen molar-refractivity contribution in [1.29, 1.82) is 0 Å². The zero-order valence-corrected chi connectivity index (χ0v) is 13.8. The number of nitrogens with zero attached hydrogens (tertiary/aromatic N) is 3. The smallest absolute Gasteiger partial charge is 0.355 e. The molecule has 2 aliphatic heterocycles. The monoisotopic (exact) mass is 343 g/mol. The number of ether oxygens (including phenoxy) is 1. The van der Waals surface area contributed by atoms with E-state index in [1.54, 1.807) is 31.2 Å². The first kappa shape index (κ1) is 16.8. The lowest BCUT2D eigenvalue weighted by molar-refractivity contribution is -0.144. The summed E-state index contributed by atoms with van der Waals surface area (Å²) in [6.07, 6.45) is 0. The summed E-state index contributed by atoms with van der Waals surface area (Å²) in [5.74, 6) is -3.51. The highest BCUT2D eigenvalue weighted by atomic mass is 16.5. The minimum absolute atomic E-state index is 0.0767. The molecule has 0 spiro atoms. The van der Waals surface area contributed by atoms with Crippen molar-refractivity contribution in [2.45, 2.75) is 26.4 Å². The highest BCUT2D eigenvalue weighted by Crippen LogP contribution is 2.33. The molecule has 0 unspecified atom stereocenters. The van der Waals surface area contributed by atoms with Gasteiger partial charge in [0.05, 0.1) is 13.2 Å². The Labute approximate surface area is 144 Å². The van der Waals surface area contributed by atoms with E-state index in [1.807, 2.05) is 6.07 Å². The number of benzene rings is 1. The van der Waals surface area contributed by atoms with Gasteiger partial charge in [0.2, 0.25) is 11.8 Å². The van der Waals surface area contributed by atoms with Crippen molar-refractivity contribution in [3.8, 4) is 0 Å². The van der Waals surface area contributed by atoms with Crippen LogP contribution in [0.1, 0.15) is 19.4 Å². The number of hydrogen-bond donors (Lipinski definition) is 0. The molecular formula is C17H17N3O5. The van der Waals surface area contributed by atoms with Crippen molar-refractivity contribution in [3.05, 3.63) is 35.9 Å². The van der Waals surface area contributed by atoms with E-state index in [-0.39, 0.29) is 18.9 Å². The van der Waals surface area contributed by atoms with Crippen molar-refractivity contribution in [1.82, 2.24) is 9.91 Å². The molecule has 0 N–H and O–H groups in total. The molecule has 1 aromatic rings. The summed E-state index contributed by atoms with van der Waals surface area (Å²) in [5, 5.41) is 4.80. The molecule has 0 radical (unpaired) electrons. The third-order valence-electron chi connectivity index (χ3n) is 4.13. The van der Waals surface area contributed by atoms with Crippen molar-refractivity contribution in [2.24, 2.45) is 11.0 Å². The number of likely N-dealkylation sites (tertiary alicyclic amines) is 1. The van der Waals surface area contributed by atoms with E-state index >= 15 is 0 Å². The molecule has 0 saturated carbocycles. The van der Waals surface area contributed by atoms with E-state index in [1.165, 1.54) is 6.92 Å². The number of imide groups is 1. The highest BCUT2D eigenvalue weighted by Gasteiger charge is 2.59. The number of hydrazone groups is 1. The zero-order valence-electron chi connectivity index (χ0n) is 13.8. The maximum Gasteiger partial charge on any atom is 0.355 e. The normalized spacial score (nSPS) is 22.1. The van der Waals surface area contributed by atoms with Gasteiger partial charge in [0.25, 0.3) is 5.91 Å². The average molecular weight is 343 g/mol. The molecule has 3 rings (SSSR count). The van der Waals surface area contributed by atoms with E-state index in [4.69, 9.17) is 4.74 Å². The van der Waals surface area contributed by atoms with Crippen LogP contribution in [0.5, 0.6) is 0 Å². The van der Waals surface area contributed by atoms with Gasteiger partial charge in [0.15, 0.2) is 11.8 Å². The van der Waals surface area contributed by atoms with Crippen LogP contribution in [0.15, 0.2) is 35.4 Å². The molecule has 1 fully saturated rings. The topological polar surface area (TPSA) is 96.3 Å². The Hall–Kier alpha value is -3.03. The molecule has 0 bridgehead atoms. The van der Waals surface area contributed by atoms with Crippen LogP contribution in [0, 0.1) is 5.92 Å². The molecule has 3 amide bonds. The number of amides is 3. The van der Waals surface area contributed by atoms with Gasteiger partial charge < -0.3 is 4.74 Å². The van der Waals surface area contributed by atoms with Crippen molar-refractivity contribution >= 4 is 29.4 Å². The van der Waals surface area contributed by atoms with E-state index in [0.29, 0.717) is 0 Å². The summed E-state index contributed by atoms with van der Waals surface area (Å²) >= 11 is 0. The van der Waals surface area contributed by atoms with Crippen molar-refractivity contribution < 1.29 is 23.9 Å². The minimum atomic E-state index is -1.12. The van der Waals surface area contributed by atoms with E-state index < -0.39 is 35.7 Å². The molecule has 1 saturated heterocycles. The molecular weight excluding hydrogens is 326 g/mol. The van der Waals surface area contributed by atoms with Gasteiger partial charge in [-0.15, -0.1) is 0 Å². The molecule has 2 heterocycles. The second-order valence-corrected chi connectivity index (χ2v) is 5.74. The minimum Gasteiger partial charge on any atom is -0.461 e. The van der Waals surface area contributed by atoms with Crippen molar-refractivity contribution in [2.75, 3.05) is 6.61 Å². The molecule has 8 nitrogen and oxygen atoms in total. The lowest BCUT2D eigenvalue weighted by Crippen LogP contribution is -2.41. The third-order valence-corrected chi connectivity index (χ3v) is 4.13. The number of carbonyl (C=O) groups excluding carboxylic acids is 4. The second-order valence-electron chi connectivity index (χ2n) is 5.74. The molecule has 2 atom stereocenters. The molecule has 0 aliphatic carbocycles. The predicted molar refractivity (Wildman–Crippen MR) is 85.9 cm³/mol. The largest absolute Gasteiger partial charge is 0.461 e. The molecule has 1 aromatic carbocycles. The summed E-state index contributed by atoms with van der Waals surface area (Å²) in [6, 6.07) is 7.89. The first-order valence-corrected chi connectivity index (χ1v) is 7.90. The predicted octanol–water partition coefficient (Wildman–Crippen LogP) is 0.321. The Balaban J connectivity index is 1.93. The Morgan fingerprint density at radius 2 is 1.84 bits per heavy atom. The standard InChI is InChI=1S/C17H17N3O5/c1-3-25-17(24)13-12-14(20(18-13)10(2)21)16(23)19(15(12)22)9-11-7-5-4-6-8-11/h4-8,12,14H,3,9H2,1-2H3/t12-,14-/m1/s1. The van der Waals surface area contributed by atoms with E-state index in [0.717, 1.165) is 15.5 Å². The summed E-state index contributed by atoms with van der Waals surface area (Å²) in [5.41, 5.74) is 0.573. The summed E-state index contributed by atoms with van der Waals surface area (Å²) in [7, 11) is 0. The lowest BCUT2D eigenvalue weighted by Gasteiger charge is -2.19. The fraction of sp³-hybridized carbons (Fsp3) is 0.353. The third kappa shape index (κ3) is 2.79. The van der Waals surface area contributed by atoms with Crippen LogP contribution in [0.2, 0.25) is 0 Å². The average Bonchev–Trinajstić information content (AvgIpc) is 3.09. The quantitative estimate of drug-likeness (QED) is 0.579. The molecule has 8 heteroatoms. The van der Waals surface area contributed by atoms with Gasteiger partial charge in [0.1, 0.15) is 5.92 Å². The van der Waals surface area contributed by atoms with Gasteiger partial charge in [0, 0.05) is 6.92 Å². The van der Waals surface area contributed by atoms with Crippen LogP contribution >= 0.6 is 0 Å². The maximum absolute atomic E-state index is 12.8. The molecule has 130 valence electrons. The fourth-order valence-corrected chi connectivity index (χ4v) is 3.03. The molecule has 25 heavy (non-hydrogen) atoms. The van der Waals surface area contributed by atoms with Crippen LogP contribution in [-0.2, 0) is 30.5 Å². The second kappa shape index (κ2) is 6.46. The van der Waals surface area contributed by atoms with E-state index in [2.05, 4.69) is 5.10 Å².